The molecule has 23 heavy (non-hydrogen) atoms. The number of hydrogen-bond acceptors (Lipinski definition) is 5. The Morgan fingerprint density at radius 3 is 2.74 bits per heavy atom. The van der Waals surface area contributed by atoms with Crippen molar-refractivity contribution in [2.45, 2.75) is 20.0 Å². The molecule has 0 aliphatic rings. The van der Waals surface area contributed by atoms with Gasteiger partial charge in [0.2, 0.25) is 5.95 Å². The van der Waals surface area contributed by atoms with Crippen molar-refractivity contribution in [3.63, 3.8) is 0 Å². The van der Waals surface area contributed by atoms with Crippen molar-refractivity contribution in [3.8, 4) is 5.75 Å². The zero-order chi connectivity index (χ0) is 16.7. The van der Waals surface area contributed by atoms with E-state index in [9.17, 15) is 4.79 Å². The summed E-state index contributed by atoms with van der Waals surface area (Å²) >= 11 is 3.43. The minimum atomic E-state index is -0.581. The van der Waals surface area contributed by atoms with Gasteiger partial charge in [-0.25, -0.2) is 9.97 Å². The van der Waals surface area contributed by atoms with Crippen LogP contribution in [-0.4, -0.2) is 35.1 Å². The van der Waals surface area contributed by atoms with E-state index in [4.69, 9.17) is 4.74 Å². The SMILES string of the molecule is Cc1ccc(O[C@@H](C)C(=O)NCCNc2ncccn2)c(Br)c1. The third kappa shape index (κ3) is 5.52. The predicted molar refractivity (Wildman–Crippen MR) is 92.5 cm³/mol. The Bertz CT molecular complexity index is 652. The van der Waals surface area contributed by atoms with E-state index in [0.717, 1.165) is 10.0 Å². The minimum absolute atomic E-state index is 0.173. The maximum atomic E-state index is 12.0. The van der Waals surface area contributed by atoms with Crippen LogP contribution in [0.4, 0.5) is 5.95 Å². The van der Waals surface area contributed by atoms with Crippen LogP contribution >= 0.6 is 15.9 Å². The largest absolute Gasteiger partial charge is 0.480 e. The van der Waals surface area contributed by atoms with E-state index >= 15 is 0 Å². The Morgan fingerprint density at radius 2 is 2.04 bits per heavy atom. The van der Waals surface area contributed by atoms with Crippen LogP contribution in [0.1, 0.15) is 12.5 Å². The molecule has 122 valence electrons. The molecule has 0 fully saturated rings. The van der Waals surface area contributed by atoms with Gasteiger partial charge in [-0.05, 0) is 53.5 Å². The number of aryl methyl sites for hydroxylation is 1. The maximum absolute atomic E-state index is 12.0. The van der Waals surface area contributed by atoms with Gasteiger partial charge in [0.1, 0.15) is 5.75 Å². The summed E-state index contributed by atoms with van der Waals surface area (Å²) in [6.45, 7) is 4.71. The molecule has 0 bridgehead atoms. The number of rotatable bonds is 7. The van der Waals surface area contributed by atoms with Crippen molar-refractivity contribution in [2.75, 3.05) is 18.4 Å². The molecule has 0 aliphatic carbocycles. The van der Waals surface area contributed by atoms with Crippen molar-refractivity contribution in [1.29, 1.82) is 0 Å². The number of anilines is 1. The summed E-state index contributed by atoms with van der Waals surface area (Å²) in [5.41, 5.74) is 1.12. The van der Waals surface area contributed by atoms with Gasteiger partial charge in [-0.1, -0.05) is 6.07 Å². The number of carbonyl (C=O) groups is 1. The molecule has 2 N–H and O–H groups in total. The second-order valence-electron chi connectivity index (χ2n) is 4.98. The van der Waals surface area contributed by atoms with Crippen molar-refractivity contribution in [3.05, 3.63) is 46.7 Å². The Morgan fingerprint density at radius 1 is 1.30 bits per heavy atom. The number of aromatic nitrogens is 2. The fourth-order valence-electron chi connectivity index (χ4n) is 1.84. The van der Waals surface area contributed by atoms with Gasteiger partial charge in [0.25, 0.3) is 5.91 Å². The van der Waals surface area contributed by atoms with Crippen molar-refractivity contribution in [1.82, 2.24) is 15.3 Å². The van der Waals surface area contributed by atoms with Crippen LogP contribution in [-0.2, 0) is 4.79 Å². The molecule has 1 atom stereocenters. The molecule has 6 nitrogen and oxygen atoms in total. The fourth-order valence-corrected chi connectivity index (χ4v) is 2.43. The second kappa shape index (κ2) is 8.47. The van der Waals surface area contributed by atoms with Crippen LogP contribution in [0.25, 0.3) is 0 Å². The quantitative estimate of drug-likeness (QED) is 0.724. The van der Waals surface area contributed by atoms with Crippen LogP contribution in [0.15, 0.2) is 41.1 Å². The van der Waals surface area contributed by atoms with E-state index < -0.39 is 6.10 Å². The average molecular weight is 379 g/mol. The van der Waals surface area contributed by atoms with Gasteiger partial charge in [-0.15, -0.1) is 0 Å². The molecule has 0 aliphatic heterocycles. The first kappa shape index (κ1) is 17.2. The lowest BCUT2D eigenvalue weighted by Gasteiger charge is -2.16. The molecular weight excluding hydrogens is 360 g/mol. The number of nitrogens with one attached hydrogen (secondary N) is 2. The molecular formula is C16H19BrN4O2. The van der Waals surface area contributed by atoms with Gasteiger partial charge in [0.05, 0.1) is 4.47 Å². The Labute approximate surface area is 143 Å². The van der Waals surface area contributed by atoms with E-state index in [1.54, 1.807) is 25.4 Å². The molecule has 2 rings (SSSR count). The predicted octanol–water partition coefficient (Wildman–Crippen LogP) is 2.54. The summed E-state index contributed by atoms with van der Waals surface area (Å²) in [6, 6.07) is 7.48. The monoisotopic (exact) mass is 378 g/mol. The standard InChI is InChI=1S/C16H19BrN4O2/c1-11-4-5-14(13(17)10-11)23-12(2)15(22)18-8-9-21-16-19-6-3-7-20-16/h3-7,10,12H,8-9H2,1-2H3,(H,18,22)(H,19,20,21)/t12-/m0/s1. The highest BCUT2D eigenvalue weighted by molar-refractivity contribution is 9.10. The summed E-state index contributed by atoms with van der Waals surface area (Å²) in [5.74, 6) is 1.01. The lowest BCUT2D eigenvalue weighted by Crippen LogP contribution is -2.38. The molecule has 1 heterocycles. The number of nitrogens with zero attached hydrogens (tertiary/aromatic N) is 2. The molecule has 0 saturated heterocycles. The average Bonchev–Trinajstić information content (AvgIpc) is 2.55. The summed E-state index contributed by atoms with van der Waals surface area (Å²) in [7, 11) is 0. The lowest BCUT2D eigenvalue weighted by atomic mass is 10.2. The first-order valence-corrected chi connectivity index (χ1v) is 8.07. The molecule has 0 spiro atoms. The Balaban J connectivity index is 1.74. The molecule has 7 heteroatoms. The van der Waals surface area contributed by atoms with E-state index in [2.05, 4.69) is 36.5 Å². The van der Waals surface area contributed by atoms with Crippen molar-refractivity contribution >= 4 is 27.8 Å². The zero-order valence-electron chi connectivity index (χ0n) is 13.0. The summed E-state index contributed by atoms with van der Waals surface area (Å²) in [4.78, 5) is 20.1. The number of hydrogen-bond donors (Lipinski definition) is 2. The van der Waals surface area contributed by atoms with E-state index in [1.165, 1.54) is 0 Å². The van der Waals surface area contributed by atoms with Crippen LogP contribution in [0.2, 0.25) is 0 Å². The smallest absolute Gasteiger partial charge is 0.260 e. The number of benzene rings is 1. The molecule has 2 aromatic rings. The Hall–Kier alpha value is -2.15. The third-order valence-electron chi connectivity index (χ3n) is 3.03. The molecule has 1 aromatic heterocycles. The van der Waals surface area contributed by atoms with Gasteiger partial charge in [-0.2, -0.15) is 0 Å². The first-order valence-electron chi connectivity index (χ1n) is 7.27. The molecule has 0 saturated carbocycles. The van der Waals surface area contributed by atoms with Crippen LogP contribution in [0.3, 0.4) is 0 Å². The van der Waals surface area contributed by atoms with E-state index in [1.807, 2.05) is 25.1 Å². The fraction of sp³-hybridized carbons (Fsp3) is 0.312. The normalized spacial score (nSPS) is 11.6. The number of carbonyl (C=O) groups excluding carboxylic acids is 1. The van der Waals surface area contributed by atoms with Crippen molar-refractivity contribution < 1.29 is 9.53 Å². The molecule has 0 radical (unpaired) electrons. The third-order valence-corrected chi connectivity index (χ3v) is 3.65. The lowest BCUT2D eigenvalue weighted by molar-refractivity contribution is -0.127. The van der Waals surface area contributed by atoms with Crippen molar-refractivity contribution in [2.24, 2.45) is 0 Å². The zero-order valence-corrected chi connectivity index (χ0v) is 14.6. The highest BCUT2D eigenvalue weighted by Crippen LogP contribution is 2.26. The molecule has 0 unspecified atom stereocenters. The van der Waals surface area contributed by atoms with Crippen LogP contribution in [0.5, 0.6) is 5.75 Å². The highest BCUT2D eigenvalue weighted by Gasteiger charge is 2.15. The summed E-state index contributed by atoms with van der Waals surface area (Å²) < 4.78 is 6.51. The van der Waals surface area contributed by atoms with Gasteiger partial charge in [-0.3, -0.25) is 4.79 Å². The van der Waals surface area contributed by atoms with Crippen LogP contribution < -0.4 is 15.4 Å². The first-order chi connectivity index (χ1) is 11.1. The van der Waals surface area contributed by atoms with E-state index in [-0.39, 0.29) is 5.91 Å². The number of halogens is 1. The topological polar surface area (TPSA) is 76.1 Å². The highest BCUT2D eigenvalue weighted by atomic mass is 79.9. The summed E-state index contributed by atoms with van der Waals surface area (Å²) in [5, 5.41) is 5.83. The number of amides is 1. The molecule has 1 amide bonds. The maximum Gasteiger partial charge on any atom is 0.260 e. The number of ether oxygens (including phenoxy) is 1. The van der Waals surface area contributed by atoms with Gasteiger partial charge < -0.3 is 15.4 Å². The van der Waals surface area contributed by atoms with E-state index in [0.29, 0.717) is 24.8 Å². The van der Waals surface area contributed by atoms with Gasteiger partial charge in [0.15, 0.2) is 6.10 Å². The second-order valence-corrected chi connectivity index (χ2v) is 5.84. The minimum Gasteiger partial charge on any atom is -0.480 e. The summed E-state index contributed by atoms with van der Waals surface area (Å²) in [6.07, 6.45) is 2.73. The van der Waals surface area contributed by atoms with Gasteiger partial charge >= 0.3 is 0 Å². The molecule has 1 aromatic carbocycles. The Kier molecular flexibility index (Phi) is 6.34. The van der Waals surface area contributed by atoms with Crippen LogP contribution in [0, 0.1) is 6.92 Å². The van der Waals surface area contributed by atoms with Gasteiger partial charge in [0, 0.05) is 25.5 Å².